The Labute approximate surface area is 165 Å². The summed E-state index contributed by atoms with van der Waals surface area (Å²) in [6, 6.07) is 3.38. The molecule has 1 aliphatic rings. The van der Waals surface area contributed by atoms with Crippen molar-refractivity contribution in [3.63, 3.8) is 0 Å². The predicted octanol–water partition coefficient (Wildman–Crippen LogP) is -0.374. The van der Waals surface area contributed by atoms with Crippen LogP contribution in [0.3, 0.4) is 0 Å². The smallest absolute Gasteiger partial charge is 0.449 e. The minimum Gasteiger partial charge on any atom is -0.449 e. The van der Waals surface area contributed by atoms with Crippen LogP contribution in [0.4, 0.5) is 18.6 Å². The van der Waals surface area contributed by atoms with Gasteiger partial charge in [-0.25, -0.2) is 0 Å². The molecule has 1 N–H and O–H groups in total. The van der Waals surface area contributed by atoms with Gasteiger partial charge in [-0.3, -0.25) is 0 Å². The molecule has 1 fully saturated rings. The zero-order valence-corrected chi connectivity index (χ0v) is 15.8. The van der Waals surface area contributed by atoms with Crippen molar-refractivity contribution in [3.8, 4) is 0 Å². The molecule has 0 radical (unpaired) electrons. The number of hydrogen-bond acceptors (Lipinski definition) is 3. The zero-order chi connectivity index (χ0) is 14.0. The van der Waals surface area contributed by atoms with Gasteiger partial charge in [-0.15, -0.1) is 12.6 Å². The van der Waals surface area contributed by atoms with E-state index in [2.05, 4.69) is 22.8 Å². The first-order valence-corrected chi connectivity index (χ1v) is 6.81. The molecule has 0 saturated carbocycles. The standard InChI is InChI=1S/C12H17BF3N2S.K/c1-9-10(8-13(14,15)16)6-11(19)7-12(9)18-4-2-17-3-5-18;/h6-7,17,19H,2-5,8H2,1H3;/q-1;+1. The number of nitrogens with zero attached hydrogens (tertiary/aromatic N) is 1. The average molecular weight is 328 g/mol. The third kappa shape index (κ3) is 5.23. The molecule has 0 atom stereocenters. The van der Waals surface area contributed by atoms with Crippen molar-refractivity contribution in [2.45, 2.75) is 18.1 Å². The summed E-state index contributed by atoms with van der Waals surface area (Å²) >= 11 is 4.24. The van der Waals surface area contributed by atoms with Gasteiger partial charge < -0.3 is 23.2 Å². The first-order valence-electron chi connectivity index (χ1n) is 6.36. The Bertz CT molecular complexity index is 465. The van der Waals surface area contributed by atoms with Crippen molar-refractivity contribution < 1.29 is 64.3 Å². The van der Waals surface area contributed by atoms with Crippen LogP contribution in [0.1, 0.15) is 11.1 Å². The molecule has 0 amide bonds. The fraction of sp³-hybridized carbons (Fsp3) is 0.500. The van der Waals surface area contributed by atoms with E-state index in [0.29, 0.717) is 10.5 Å². The summed E-state index contributed by atoms with van der Waals surface area (Å²) in [6.45, 7) is 0.287. The molecular formula is C12H17BF3KN2S. The van der Waals surface area contributed by atoms with Crippen LogP contribution in [0.2, 0.25) is 0 Å². The van der Waals surface area contributed by atoms with E-state index < -0.39 is 13.3 Å². The largest absolute Gasteiger partial charge is 1.00 e. The topological polar surface area (TPSA) is 15.3 Å². The fourth-order valence-corrected chi connectivity index (χ4v) is 2.71. The van der Waals surface area contributed by atoms with Gasteiger partial charge in [-0.05, 0) is 24.6 Å². The molecule has 0 bridgehead atoms. The van der Waals surface area contributed by atoms with E-state index in [1.807, 2.05) is 6.07 Å². The minimum absolute atomic E-state index is 0. The van der Waals surface area contributed by atoms with Crippen LogP contribution >= 0.6 is 12.6 Å². The van der Waals surface area contributed by atoms with Crippen molar-refractivity contribution in [1.29, 1.82) is 0 Å². The summed E-state index contributed by atoms with van der Waals surface area (Å²) in [6.07, 6.45) is -0.834. The number of piperazine rings is 1. The van der Waals surface area contributed by atoms with Gasteiger partial charge in [0.05, 0.1) is 0 Å². The first-order chi connectivity index (χ1) is 8.87. The van der Waals surface area contributed by atoms with Crippen molar-refractivity contribution in [2.24, 2.45) is 0 Å². The van der Waals surface area contributed by atoms with Gasteiger partial charge in [0.15, 0.2) is 0 Å². The van der Waals surface area contributed by atoms with Crippen molar-refractivity contribution in [2.75, 3.05) is 31.1 Å². The second-order valence-corrected chi connectivity index (χ2v) is 5.42. The second-order valence-electron chi connectivity index (χ2n) is 4.90. The molecule has 2 nitrogen and oxygen atoms in total. The third-order valence-corrected chi connectivity index (χ3v) is 3.64. The Morgan fingerprint density at radius 2 is 1.85 bits per heavy atom. The van der Waals surface area contributed by atoms with E-state index >= 15 is 0 Å². The molecule has 1 saturated heterocycles. The van der Waals surface area contributed by atoms with Crippen LogP contribution in [0.25, 0.3) is 0 Å². The molecule has 20 heavy (non-hydrogen) atoms. The van der Waals surface area contributed by atoms with Gasteiger partial charge >= 0.3 is 58.4 Å². The Balaban J connectivity index is 0.00000200. The van der Waals surface area contributed by atoms with Crippen LogP contribution in [-0.4, -0.2) is 33.2 Å². The molecular weight excluding hydrogens is 311 g/mol. The van der Waals surface area contributed by atoms with E-state index in [1.54, 1.807) is 6.92 Å². The van der Waals surface area contributed by atoms with Gasteiger partial charge in [0.1, 0.15) is 0 Å². The summed E-state index contributed by atoms with van der Waals surface area (Å²) in [4.78, 5) is 2.72. The van der Waals surface area contributed by atoms with Gasteiger partial charge in [-0.2, -0.15) is 0 Å². The van der Waals surface area contributed by atoms with Crippen LogP contribution < -0.4 is 61.6 Å². The van der Waals surface area contributed by atoms with Crippen LogP contribution in [0, 0.1) is 6.92 Å². The van der Waals surface area contributed by atoms with E-state index in [9.17, 15) is 12.9 Å². The van der Waals surface area contributed by atoms with Gasteiger partial charge in [-0.1, -0.05) is 11.9 Å². The Morgan fingerprint density at radius 3 is 2.40 bits per heavy atom. The molecule has 0 spiro atoms. The molecule has 1 heterocycles. The van der Waals surface area contributed by atoms with E-state index in [-0.39, 0.29) is 51.4 Å². The van der Waals surface area contributed by atoms with E-state index in [1.165, 1.54) is 6.07 Å². The van der Waals surface area contributed by atoms with E-state index in [4.69, 9.17) is 0 Å². The fourth-order valence-electron chi connectivity index (χ4n) is 2.44. The summed E-state index contributed by atoms with van der Waals surface area (Å²) < 4.78 is 37.9. The first kappa shape index (κ1) is 18.9. The summed E-state index contributed by atoms with van der Waals surface area (Å²) in [5.74, 6) is 0. The molecule has 8 heteroatoms. The Kier molecular flexibility index (Phi) is 7.45. The Hall–Kier alpha value is 0.821. The molecule has 2 rings (SSSR count). The maximum absolute atomic E-state index is 12.6. The number of nitrogens with one attached hydrogen (secondary N) is 1. The third-order valence-electron chi connectivity index (χ3n) is 3.38. The van der Waals surface area contributed by atoms with Crippen molar-refractivity contribution >= 4 is 25.3 Å². The Morgan fingerprint density at radius 1 is 1.25 bits per heavy atom. The average Bonchev–Trinajstić information content (AvgIpc) is 2.32. The number of thiol groups is 1. The maximum atomic E-state index is 12.6. The quantitative estimate of drug-likeness (QED) is 0.581. The summed E-state index contributed by atoms with van der Waals surface area (Å²) in [5, 5.41) is 3.23. The monoisotopic (exact) mass is 328 g/mol. The molecule has 1 aliphatic heterocycles. The second kappa shape index (κ2) is 7.90. The molecule has 0 unspecified atom stereocenters. The molecule has 106 valence electrons. The summed E-state index contributed by atoms with van der Waals surface area (Å²) in [7, 11) is 0. The number of halogens is 3. The van der Waals surface area contributed by atoms with Crippen LogP contribution in [0.15, 0.2) is 17.0 Å². The van der Waals surface area contributed by atoms with Crippen LogP contribution in [0.5, 0.6) is 0 Å². The van der Waals surface area contributed by atoms with Crippen LogP contribution in [-0.2, 0) is 6.32 Å². The molecule has 1 aromatic carbocycles. The number of hydrogen-bond donors (Lipinski definition) is 2. The molecule has 0 aromatic heterocycles. The van der Waals surface area contributed by atoms with Crippen molar-refractivity contribution in [3.05, 3.63) is 23.3 Å². The van der Waals surface area contributed by atoms with Gasteiger partial charge in [0, 0.05) is 36.8 Å². The van der Waals surface area contributed by atoms with E-state index in [0.717, 1.165) is 37.4 Å². The normalized spacial score (nSPS) is 15.9. The molecule has 0 aliphatic carbocycles. The number of anilines is 1. The van der Waals surface area contributed by atoms with Gasteiger partial charge in [0.25, 0.3) is 0 Å². The molecule has 1 aromatic rings. The minimum atomic E-state index is -4.82. The number of rotatable bonds is 3. The number of benzene rings is 1. The summed E-state index contributed by atoms with van der Waals surface area (Å²) in [5.41, 5.74) is 1.94. The maximum Gasteiger partial charge on any atom is 1.00 e. The predicted molar refractivity (Wildman–Crippen MR) is 76.3 cm³/mol. The van der Waals surface area contributed by atoms with Crippen molar-refractivity contribution in [1.82, 2.24) is 5.32 Å². The zero-order valence-electron chi connectivity index (χ0n) is 11.8. The van der Waals surface area contributed by atoms with Gasteiger partial charge in [0.2, 0.25) is 0 Å². The SMILES string of the molecule is Cc1c(C[B-](F)(F)F)cc(S)cc1N1CCNCC1.[K+].